The fourth-order valence-corrected chi connectivity index (χ4v) is 4.84. The number of hydrogen-bond donors (Lipinski definition) is 1. The van der Waals surface area contributed by atoms with Gasteiger partial charge >= 0.3 is 12.0 Å². The number of benzene rings is 1. The molecule has 8 nitrogen and oxygen atoms in total. The second kappa shape index (κ2) is 11.9. The van der Waals surface area contributed by atoms with Gasteiger partial charge < -0.3 is 15.0 Å². The summed E-state index contributed by atoms with van der Waals surface area (Å²) in [4.78, 5) is 44.3. The van der Waals surface area contributed by atoms with Crippen molar-refractivity contribution in [1.29, 1.82) is 0 Å². The largest absolute Gasteiger partial charge is 0.463 e. The Kier molecular flexibility index (Phi) is 9.21. The molecule has 0 radical (unpaired) electrons. The van der Waals surface area contributed by atoms with Crippen LogP contribution in [0.5, 0.6) is 0 Å². The molecule has 0 aromatic heterocycles. The quantitative estimate of drug-likeness (QED) is 0.414. The van der Waals surface area contributed by atoms with Crippen LogP contribution in [0.1, 0.15) is 32.4 Å². The van der Waals surface area contributed by atoms with Gasteiger partial charge in [0.15, 0.2) is 0 Å². The molecule has 2 aliphatic rings. The molecule has 1 N–H and O–H groups in total. The first-order valence-corrected chi connectivity index (χ1v) is 12.5. The Morgan fingerprint density at radius 1 is 1.23 bits per heavy atom. The Hall–Kier alpha value is -2.55. The summed E-state index contributed by atoms with van der Waals surface area (Å²) in [6.07, 6.45) is 1.61. The fourth-order valence-electron chi connectivity index (χ4n) is 4.32. The molecule has 1 fully saturated rings. The molecule has 0 bridgehead atoms. The van der Waals surface area contributed by atoms with E-state index in [0.29, 0.717) is 59.6 Å². The van der Waals surface area contributed by atoms with Gasteiger partial charge in [-0.15, -0.1) is 6.58 Å². The minimum Gasteiger partial charge on any atom is -0.463 e. The Labute approximate surface area is 216 Å². The van der Waals surface area contributed by atoms with Gasteiger partial charge in [0.25, 0.3) is 0 Å². The third kappa shape index (κ3) is 6.18. The average molecular weight is 523 g/mol. The summed E-state index contributed by atoms with van der Waals surface area (Å²) < 4.78 is 5.41. The van der Waals surface area contributed by atoms with Gasteiger partial charge in [-0.1, -0.05) is 49.2 Å². The van der Waals surface area contributed by atoms with E-state index >= 15 is 0 Å². The first-order chi connectivity index (χ1) is 16.7. The van der Waals surface area contributed by atoms with Gasteiger partial charge in [0.1, 0.15) is 0 Å². The maximum Gasteiger partial charge on any atom is 0.338 e. The monoisotopic (exact) mass is 522 g/mol. The smallest absolute Gasteiger partial charge is 0.338 e. The lowest BCUT2D eigenvalue weighted by atomic mass is 9.94. The molecular weight excluding hydrogens is 491 g/mol. The summed E-state index contributed by atoms with van der Waals surface area (Å²) in [6.45, 7) is 12.4. The number of nitrogens with one attached hydrogen (secondary N) is 1. The van der Waals surface area contributed by atoms with Crippen molar-refractivity contribution in [1.82, 2.24) is 20.0 Å². The average Bonchev–Trinajstić information content (AvgIpc) is 2.81. The van der Waals surface area contributed by atoms with Crippen molar-refractivity contribution >= 4 is 41.1 Å². The van der Waals surface area contributed by atoms with E-state index in [9.17, 15) is 14.4 Å². The van der Waals surface area contributed by atoms with Crippen LogP contribution >= 0.6 is 23.2 Å². The maximum atomic E-state index is 13.3. The molecule has 190 valence electrons. The molecule has 1 atom stereocenters. The summed E-state index contributed by atoms with van der Waals surface area (Å²) in [7, 11) is 0. The maximum absolute atomic E-state index is 13.3. The van der Waals surface area contributed by atoms with Gasteiger partial charge in [-0.3, -0.25) is 14.6 Å². The third-order valence-corrected chi connectivity index (χ3v) is 6.63. The molecule has 2 heterocycles. The van der Waals surface area contributed by atoms with Crippen molar-refractivity contribution in [3.05, 3.63) is 57.7 Å². The molecule has 0 spiro atoms. The molecule has 1 aromatic rings. The molecule has 0 saturated carbocycles. The number of esters is 1. The van der Waals surface area contributed by atoms with E-state index in [1.54, 1.807) is 31.2 Å². The zero-order chi connectivity index (χ0) is 25.7. The standard InChI is InChI=1S/C25H32Cl2N4O4/c1-5-9-31-20(15-29-10-12-30(13-11-29)23(32)16(3)4)21(24(33)35-6-2)22(28-25(31)34)18-8-7-17(26)14-19(18)27/h5,7-8,14,16,22H,1,6,9-13,15H2,2-4H3,(H,28,34). The third-order valence-electron chi connectivity index (χ3n) is 6.07. The lowest BCUT2D eigenvalue weighted by Crippen LogP contribution is -2.54. The molecule has 3 rings (SSSR count). The topological polar surface area (TPSA) is 82.2 Å². The number of rotatable bonds is 8. The zero-order valence-electron chi connectivity index (χ0n) is 20.4. The number of urea groups is 1. The number of carbonyl (C=O) groups excluding carboxylic acids is 3. The number of halogens is 2. The number of ether oxygens (including phenoxy) is 1. The van der Waals surface area contributed by atoms with Crippen LogP contribution in [0.3, 0.4) is 0 Å². The van der Waals surface area contributed by atoms with Crippen molar-refractivity contribution in [2.45, 2.75) is 26.8 Å². The highest BCUT2D eigenvalue weighted by Gasteiger charge is 2.39. The zero-order valence-corrected chi connectivity index (χ0v) is 21.9. The van der Waals surface area contributed by atoms with E-state index in [-0.39, 0.29) is 31.0 Å². The number of hydrogen-bond acceptors (Lipinski definition) is 5. The van der Waals surface area contributed by atoms with E-state index < -0.39 is 12.0 Å². The highest BCUT2D eigenvalue weighted by Crippen LogP contribution is 2.36. The van der Waals surface area contributed by atoms with Crippen LogP contribution in [0, 0.1) is 5.92 Å². The number of nitrogens with zero attached hydrogens (tertiary/aromatic N) is 3. The number of carbonyl (C=O) groups is 3. The molecule has 1 saturated heterocycles. The van der Waals surface area contributed by atoms with Gasteiger partial charge in [0.2, 0.25) is 5.91 Å². The summed E-state index contributed by atoms with van der Waals surface area (Å²) in [5.41, 5.74) is 1.40. The van der Waals surface area contributed by atoms with E-state index in [1.807, 2.05) is 18.7 Å². The minimum absolute atomic E-state index is 0.0605. The molecule has 1 unspecified atom stereocenters. The molecule has 2 aliphatic heterocycles. The SMILES string of the molecule is C=CCN1C(=O)NC(c2ccc(Cl)cc2Cl)C(C(=O)OCC)=C1CN1CCN(C(=O)C(C)C)CC1. The summed E-state index contributed by atoms with van der Waals surface area (Å²) in [5, 5.41) is 3.68. The van der Waals surface area contributed by atoms with E-state index in [2.05, 4.69) is 16.8 Å². The minimum atomic E-state index is -0.800. The van der Waals surface area contributed by atoms with Crippen LogP contribution in [0.2, 0.25) is 10.0 Å². The van der Waals surface area contributed by atoms with Crippen LogP contribution in [-0.4, -0.2) is 78.5 Å². The first-order valence-electron chi connectivity index (χ1n) is 11.7. The van der Waals surface area contributed by atoms with Crippen molar-refractivity contribution in [2.75, 3.05) is 45.9 Å². The van der Waals surface area contributed by atoms with Crippen molar-refractivity contribution < 1.29 is 19.1 Å². The van der Waals surface area contributed by atoms with Crippen LogP contribution in [0.25, 0.3) is 0 Å². The predicted molar refractivity (Wildman–Crippen MR) is 136 cm³/mol. The highest BCUT2D eigenvalue weighted by atomic mass is 35.5. The Bertz CT molecular complexity index is 1020. The summed E-state index contributed by atoms with van der Waals surface area (Å²) in [5.74, 6) is -0.463. The normalized spacial score (nSPS) is 19.1. The van der Waals surface area contributed by atoms with Crippen molar-refractivity contribution in [2.24, 2.45) is 5.92 Å². The number of piperazine rings is 1. The van der Waals surface area contributed by atoms with Crippen LogP contribution < -0.4 is 5.32 Å². The van der Waals surface area contributed by atoms with Crippen LogP contribution in [0.4, 0.5) is 4.79 Å². The molecular formula is C25H32Cl2N4O4. The Morgan fingerprint density at radius 3 is 2.49 bits per heavy atom. The van der Waals surface area contributed by atoms with Crippen molar-refractivity contribution in [3.8, 4) is 0 Å². The Morgan fingerprint density at radius 2 is 1.91 bits per heavy atom. The highest BCUT2D eigenvalue weighted by molar-refractivity contribution is 6.35. The second-order valence-corrected chi connectivity index (χ2v) is 9.63. The predicted octanol–water partition coefficient (Wildman–Crippen LogP) is 3.86. The van der Waals surface area contributed by atoms with Gasteiger partial charge in [0.05, 0.1) is 18.2 Å². The van der Waals surface area contributed by atoms with Crippen LogP contribution in [0.15, 0.2) is 42.1 Å². The molecule has 3 amide bonds. The van der Waals surface area contributed by atoms with Crippen molar-refractivity contribution in [3.63, 3.8) is 0 Å². The second-order valence-electron chi connectivity index (χ2n) is 8.78. The van der Waals surface area contributed by atoms with Crippen LogP contribution in [-0.2, 0) is 14.3 Å². The summed E-state index contributed by atoms with van der Waals surface area (Å²) in [6, 6.07) is 3.78. The summed E-state index contributed by atoms with van der Waals surface area (Å²) >= 11 is 12.6. The molecule has 0 aliphatic carbocycles. The van der Waals surface area contributed by atoms with Gasteiger partial charge in [0, 0.05) is 60.9 Å². The fraction of sp³-hybridized carbons (Fsp3) is 0.480. The van der Waals surface area contributed by atoms with Gasteiger partial charge in [-0.2, -0.15) is 0 Å². The lowest BCUT2D eigenvalue weighted by Gasteiger charge is -2.40. The Balaban J connectivity index is 2.01. The molecule has 1 aromatic carbocycles. The lowest BCUT2D eigenvalue weighted by molar-refractivity contribution is -0.139. The van der Waals surface area contributed by atoms with E-state index in [1.165, 1.54) is 4.90 Å². The van der Waals surface area contributed by atoms with E-state index in [0.717, 1.165) is 0 Å². The molecule has 35 heavy (non-hydrogen) atoms. The first kappa shape index (κ1) is 27.0. The van der Waals surface area contributed by atoms with E-state index in [4.69, 9.17) is 27.9 Å². The number of amides is 3. The molecule has 10 heteroatoms. The van der Waals surface area contributed by atoms with Gasteiger partial charge in [-0.25, -0.2) is 9.59 Å². The van der Waals surface area contributed by atoms with Gasteiger partial charge in [-0.05, 0) is 24.6 Å².